The molecule has 0 saturated carbocycles. The first-order valence-electron chi connectivity index (χ1n) is 5.44. The van der Waals surface area contributed by atoms with Crippen molar-refractivity contribution in [2.75, 3.05) is 19.3 Å². The third-order valence-electron chi connectivity index (χ3n) is 2.60. The first kappa shape index (κ1) is 10.6. The third-order valence-corrected chi connectivity index (χ3v) is 3.64. The second kappa shape index (κ2) is 5.26. The van der Waals surface area contributed by atoms with Crippen molar-refractivity contribution in [3.8, 4) is 0 Å². The number of thioether (sulfide) groups is 1. The maximum Gasteiger partial charge on any atom is 0.0461 e. The van der Waals surface area contributed by atoms with Gasteiger partial charge in [-0.3, -0.25) is 0 Å². The number of likely N-dealkylation sites (N-methyl/N-ethyl adjacent to an activating group) is 1. The molecule has 0 unspecified atom stereocenters. The fraction of sp³-hybridized carbons (Fsp3) is 0.385. The zero-order valence-corrected chi connectivity index (χ0v) is 9.96. The van der Waals surface area contributed by atoms with Crippen LogP contribution >= 0.6 is 11.8 Å². The normalized spacial score (nSPS) is 26.1. The highest BCUT2D eigenvalue weighted by Crippen LogP contribution is 2.30. The molecule has 0 aromatic heterocycles. The third kappa shape index (κ3) is 2.78. The first-order chi connectivity index (χ1) is 7.38. The molecule has 1 aliphatic carbocycles. The Hall–Kier alpha value is -0.890. The number of hydrogen-bond acceptors (Lipinski definition) is 2. The van der Waals surface area contributed by atoms with E-state index in [0.29, 0.717) is 0 Å². The summed E-state index contributed by atoms with van der Waals surface area (Å²) in [5.74, 6) is 1.07. The average Bonchev–Trinajstić information content (AvgIpc) is 2.28. The highest BCUT2D eigenvalue weighted by molar-refractivity contribution is 8.03. The topological polar surface area (TPSA) is 3.24 Å². The first-order valence-corrected chi connectivity index (χ1v) is 6.43. The summed E-state index contributed by atoms with van der Waals surface area (Å²) >= 11 is 1.94. The van der Waals surface area contributed by atoms with E-state index in [9.17, 15) is 0 Å². The lowest BCUT2D eigenvalue weighted by molar-refractivity contribution is 0.473. The van der Waals surface area contributed by atoms with Crippen LogP contribution in [0, 0.1) is 0 Å². The van der Waals surface area contributed by atoms with E-state index in [0.717, 1.165) is 12.3 Å². The van der Waals surface area contributed by atoms with Gasteiger partial charge >= 0.3 is 0 Å². The van der Waals surface area contributed by atoms with Crippen LogP contribution in [0.25, 0.3) is 0 Å². The summed E-state index contributed by atoms with van der Waals surface area (Å²) in [6.07, 6.45) is 15.8. The van der Waals surface area contributed by atoms with Crippen LogP contribution in [0.15, 0.2) is 47.1 Å². The van der Waals surface area contributed by atoms with Crippen LogP contribution in [0.5, 0.6) is 0 Å². The van der Waals surface area contributed by atoms with Crippen molar-refractivity contribution in [3.05, 3.63) is 47.1 Å². The number of rotatable bonds is 0. The van der Waals surface area contributed by atoms with Gasteiger partial charge in [0.2, 0.25) is 0 Å². The molecule has 0 atom stereocenters. The van der Waals surface area contributed by atoms with Crippen LogP contribution in [0.4, 0.5) is 0 Å². The predicted octanol–water partition coefficient (Wildman–Crippen LogP) is 3.34. The summed E-state index contributed by atoms with van der Waals surface area (Å²) in [5, 5.41) is 0. The van der Waals surface area contributed by atoms with E-state index in [1.165, 1.54) is 23.4 Å². The SMILES string of the molecule is CN1C/C=C\C=C/CSC2=CCCC=C21. The fourth-order valence-corrected chi connectivity index (χ4v) is 2.79. The molecule has 1 nitrogen and oxygen atoms in total. The predicted molar refractivity (Wildman–Crippen MR) is 68.8 cm³/mol. The van der Waals surface area contributed by atoms with E-state index >= 15 is 0 Å². The monoisotopic (exact) mass is 219 g/mol. The molecule has 0 fully saturated rings. The lowest BCUT2D eigenvalue weighted by Gasteiger charge is -2.25. The van der Waals surface area contributed by atoms with Crippen molar-refractivity contribution >= 4 is 11.8 Å². The van der Waals surface area contributed by atoms with Gasteiger partial charge in [-0.05, 0) is 12.8 Å². The second-order valence-corrected chi connectivity index (χ2v) is 4.84. The standard InChI is InChI=1S/C13H17NS/c1-14-10-6-2-3-7-11-15-13-9-5-4-8-12(13)14/h2-3,6-9H,4-5,10-11H2,1H3/b6-2-,7-3-. The largest absolute Gasteiger partial charge is 0.370 e. The average molecular weight is 219 g/mol. The van der Waals surface area contributed by atoms with Crippen molar-refractivity contribution in [2.45, 2.75) is 12.8 Å². The van der Waals surface area contributed by atoms with Crippen LogP contribution in [0.1, 0.15) is 12.8 Å². The van der Waals surface area contributed by atoms with E-state index in [1.54, 1.807) is 0 Å². The van der Waals surface area contributed by atoms with E-state index in [2.05, 4.69) is 48.4 Å². The molecule has 0 aromatic rings. The van der Waals surface area contributed by atoms with Gasteiger partial charge in [0, 0.05) is 29.9 Å². The van der Waals surface area contributed by atoms with Crippen molar-refractivity contribution < 1.29 is 0 Å². The Morgan fingerprint density at radius 1 is 1.13 bits per heavy atom. The minimum absolute atomic E-state index is 0.994. The second-order valence-electron chi connectivity index (χ2n) is 3.78. The maximum absolute atomic E-state index is 2.37. The van der Waals surface area contributed by atoms with Gasteiger partial charge in [0.25, 0.3) is 0 Å². The molecule has 0 saturated heterocycles. The Bertz CT molecular complexity index is 336. The molecule has 0 aromatic carbocycles. The number of allylic oxidation sites excluding steroid dienone is 4. The Morgan fingerprint density at radius 3 is 2.87 bits per heavy atom. The summed E-state index contributed by atoms with van der Waals surface area (Å²) in [6, 6.07) is 0. The Morgan fingerprint density at radius 2 is 1.93 bits per heavy atom. The Balaban J connectivity index is 2.19. The van der Waals surface area contributed by atoms with Gasteiger partial charge in [-0.2, -0.15) is 0 Å². The quantitative estimate of drug-likeness (QED) is 0.615. The van der Waals surface area contributed by atoms with Crippen molar-refractivity contribution in [1.82, 2.24) is 4.90 Å². The van der Waals surface area contributed by atoms with Gasteiger partial charge in [-0.25, -0.2) is 0 Å². The lowest BCUT2D eigenvalue weighted by atomic mass is 10.1. The summed E-state index contributed by atoms with van der Waals surface area (Å²) in [6.45, 7) is 0.994. The summed E-state index contributed by atoms with van der Waals surface area (Å²) in [5.41, 5.74) is 1.41. The lowest BCUT2D eigenvalue weighted by Crippen LogP contribution is -2.19. The molecule has 2 aliphatic rings. The maximum atomic E-state index is 2.37. The van der Waals surface area contributed by atoms with E-state index in [-0.39, 0.29) is 0 Å². The molecule has 0 N–H and O–H groups in total. The minimum Gasteiger partial charge on any atom is -0.370 e. The molecule has 0 radical (unpaired) electrons. The van der Waals surface area contributed by atoms with Crippen LogP contribution < -0.4 is 0 Å². The van der Waals surface area contributed by atoms with Gasteiger partial charge in [0.05, 0.1) is 0 Å². The van der Waals surface area contributed by atoms with Crippen molar-refractivity contribution in [3.63, 3.8) is 0 Å². The Kier molecular flexibility index (Phi) is 3.73. The highest BCUT2D eigenvalue weighted by atomic mass is 32.2. The highest BCUT2D eigenvalue weighted by Gasteiger charge is 2.12. The smallest absolute Gasteiger partial charge is 0.0461 e. The van der Waals surface area contributed by atoms with Crippen molar-refractivity contribution in [2.24, 2.45) is 0 Å². The van der Waals surface area contributed by atoms with Gasteiger partial charge < -0.3 is 4.90 Å². The molecule has 1 heterocycles. The zero-order valence-electron chi connectivity index (χ0n) is 9.15. The van der Waals surface area contributed by atoms with Gasteiger partial charge in [0.1, 0.15) is 0 Å². The molecule has 1 aliphatic heterocycles. The van der Waals surface area contributed by atoms with E-state index < -0.39 is 0 Å². The fourth-order valence-electron chi connectivity index (χ4n) is 1.78. The van der Waals surface area contributed by atoms with Crippen LogP contribution in [-0.4, -0.2) is 24.2 Å². The van der Waals surface area contributed by atoms with Crippen LogP contribution in [0.3, 0.4) is 0 Å². The molecular formula is C13H17NS. The molecule has 0 bridgehead atoms. The van der Waals surface area contributed by atoms with Crippen LogP contribution in [-0.2, 0) is 0 Å². The molecule has 0 amide bonds. The number of fused-ring (bicyclic) bond motifs is 1. The molecule has 0 spiro atoms. The van der Waals surface area contributed by atoms with Gasteiger partial charge in [0.15, 0.2) is 0 Å². The summed E-state index contributed by atoms with van der Waals surface area (Å²) < 4.78 is 0. The minimum atomic E-state index is 0.994. The summed E-state index contributed by atoms with van der Waals surface area (Å²) in [4.78, 5) is 3.77. The van der Waals surface area contributed by atoms with Gasteiger partial charge in [-0.1, -0.05) is 36.5 Å². The molecule has 80 valence electrons. The van der Waals surface area contributed by atoms with Crippen LogP contribution in [0.2, 0.25) is 0 Å². The summed E-state index contributed by atoms with van der Waals surface area (Å²) in [7, 11) is 2.17. The van der Waals surface area contributed by atoms with E-state index in [1.807, 2.05) is 11.8 Å². The van der Waals surface area contributed by atoms with Gasteiger partial charge in [-0.15, -0.1) is 11.8 Å². The van der Waals surface area contributed by atoms with E-state index in [4.69, 9.17) is 0 Å². The zero-order chi connectivity index (χ0) is 10.5. The molecule has 15 heavy (non-hydrogen) atoms. The molecule has 2 heteroatoms. The Labute approximate surface area is 96.2 Å². The molecular weight excluding hydrogens is 202 g/mol. The number of nitrogens with zero attached hydrogens (tertiary/aromatic N) is 1. The van der Waals surface area contributed by atoms with Crippen molar-refractivity contribution in [1.29, 1.82) is 0 Å². The number of hydrogen-bond donors (Lipinski definition) is 0. The molecule has 2 rings (SSSR count).